The molecule has 0 unspecified atom stereocenters. The second kappa shape index (κ2) is 3.92. The number of nitrogens with one attached hydrogen (secondary N) is 1. The predicted octanol–water partition coefficient (Wildman–Crippen LogP) is 0.840. The van der Waals surface area contributed by atoms with Crippen LogP contribution in [0.3, 0.4) is 0 Å². The second-order valence-corrected chi connectivity index (χ2v) is 3.34. The van der Waals surface area contributed by atoms with Gasteiger partial charge in [0.05, 0.1) is 35.6 Å². The third-order valence-electron chi connectivity index (χ3n) is 2.38. The van der Waals surface area contributed by atoms with Crippen LogP contribution in [0, 0.1) is 22.7 Å². The van der Waals surface area contributed by atoms with E-state index in [0.29, 0.717) is 16.9 Å². The first-order chi connectivity index (χ1) is 7.76. The van der Waals surface area contributed by atoms with E-state index >= 15 is 0 Å². The van der Waals surface area contributed by atoms with Gasteiger partial charge in [-0.05, 0) is 18.2 Å². The Hall–Kier alpha value is -2.53. The van der Waals surface area contributed by atoms with E-state index in [0.717, 1.165) is 0 Å². The van der Waals surface area contributed by atoms with Crippen molar-refractivity contribution in [3.05, 3.63) is 23.8 Å². The summed E-state index contributed by atoms with van der Waals surface area (Å²) in [6.45, 7) is 0.184. The van der Waals surface area contributed by atoms with Crippen molar-refractivity contribution in [3.8, 4) is 12.1 Å². The zero-order valence-electron chi connectivity index (χ0n) is 8.40. The van der Waals surface area contributed by atoms with Crippen LogP contribution in [0.25, 0.3) is 0 Å². The SMILES string of the molecule is N#CCN1C(=O)CNc2cc(C#N)ccc21. The average molecular weight is 212 g/mol. The molecule has 1 aliphatic heterocycles. The zero-order chi connectivity index (χ0) is 11.5. The first-order valence-corrected chi connectivity index (χ1v) is 4.71. The quantitative estimate of drug-likeness (QED) is 0.699. The largest absolute Gasteiger partial charge is 0.374 e. The van der Waals surface area contributed by atoms with Crippen LogP contribution in [0.15, 0.2) is 18.2 Å². The summed E-state index contributed by atoms with van der Waals surface area (Å²) in [5.41, 5.74) is 1.89. The molecule has 0 atom stereocenters. The number of nitriles is 2. The van der Waals surface area contributed by atoms with Crippen molar-refractivity contribution >= 4 is 17.3 Å². The minimum Gasteiger partial charge on any atom is -0.374 e. The molecule has 1 aromatic rings. The number of carbonyl (C=O) groups excluding carboxylic acids is 1. The summed E-state index contributed by atoms with van der Waals surface area (Å²) < 4.78 is 0. The molecule has 78 valence electrons. The lowest BCUT2D eigenvalue weighted by atomic mass is 10.1. The second-order valence-electron chi connectivity index (χ2n) is 3.34. The average Bonchev–Trinajstić information content (AvgIpc) is 2.32. The molecular weight excluding hydrogens is 204 g/mol. The molecule has 1 heterocycles. The van der Waals surface area contributed by atoms with Crippen molar-refractivity contribution in [2.45, 2.75) is 0 Å². The van der Waals surface area contributed by atoms with E-state index in [1.807, 2.05) is 12.1 Å². The van der Waals surface area contributed by atoms with Gasteiger partial charge >= 0.3 is 0 Å². The molecule has 0 bridgehead atoms. The lowest BCUT2D eigenvalue weighted by molar-refractivity contribution is -0.117. The first-order valence-electron chi connectivity index (χ1n) is 4.71. The van der Waals surface area contributed by atoms with Crippen LogP contribution in [0.4, 0.5) is 11.4 Å². The third kappa shape index (κ3) is 1.55. The first kappa shape index (κ1) is 10.0. The molecular formula is C11H8N4O. The summed E-state index contributed by atoms with van der Waals surface area (Å²) in [6.07, 6.45) is 0. The number of hydrogen-bond donors (Lipinski definition) is 1. The molecule has 0 saturated carbocycles. The van der Waals surface area contributed by atoms with Gasteiger partial charge < -0.3 is 5.32 Å². The molecule has 0 spiro atoms. The van der Waals surface area contributed by atoms with Gasteiger partial charge in [0.15, 0.2) is 0 Å². The zero-order valence-corrected chi connectivity index (χ0v) is 8.40. The fourth-order valence-electron chi connectivity index (χ4n) is 1.63. The van der Waals surface area contributed by atoms with Gasteiger partial charge in [0.25, 0.3) is 0 Å². The van der Waals surface area contributed by atoms with Gasteiger partial charge in [0.1, 0.15) is 6.54 Å². The van der Waals surface area contributed by atoms with E-state index < -0.39 is 0 Å². The normalized spacial score (nSPS) is 13.4. The molecule has 1 aliphatic rings. The Kier molecular flexibility index (Phi) is 2.45. The molecule has 0 fully saturated rings. The summed E-state index contributed by atoms with van der Waals surface area (Å²) in [5.74, 6) is -0.140. The van der Waals surface area contributed by atoms with Crippen LogP contribution < -0.4 is 10.2 Å². The highest BCUT2D eigenvalue weighted by Gasteiger charge is 2.23. The van der Waals surface area contributed by atoms with Crippen LogP contribution in [0.5, 0.6) is 0 Å². The summed E-state index contributed by atoms with van der Waals surface area (Å²) in [7, 11) is 0. The van der Waals surface area contributed by atoms with Gasteiger partial charge in [0, 0.05) is 0 Å². The number of benzene rings is 1. The highest BCUT2D eigenvalue weighted by Crippen LogP contribution is 2.29. The Morgan fingerprint density at radius 1 is 1.44 bits per heavy atom. The van der Waals surface area contributed by atoms with E-state index in [-0.39, 0.29) is 19.0 Å². The highest BCUT2D eigenvalue weighted by atomic mass is 16.2. The molecule has 5 nitrogen and oxygen atoms in total. The number of fused-ring (bicyclic) bond motifs is 1. The summed E-state index contributed by atoms with van der Waals surface area (Å²) in [4.78, 5) is 13.0. The highest BCUT2D eigenvalue weighted by molar-refractivity contribution is 6.03. The summed E-state index contributed by atoms with van der Waals surface area (Å²) >= 11 is 0. The van der Waals surface area contributed by atoms with Gasteiger partial charge in [-0.2, -0.15) is 10.5 Å². The third-order valence-corrected chi connectivity index (χ3v) is 2.38. The van der Waals surface area contributed by atoms with Crippen molar-refractivity contribution in [2.24, 2.45) is 0 Å². The maximum absolute atomic E-state index is 11.5. The Morgan fingerprint density at radius 3 is 2.94 bits per heavy atom. The van der Waals surface area contributed by atoms with Gasteiger partial charge in [-0.15, -0.1) is 0 Å². The fourth-order valence-corrected chi connectivity index (χ4v) is 1.63. The Bertz CT molecular complexity index is 524. The van der Waals surface area contributed by atoms with Crippen molar-refractivity contribution < 1.29 is 4.79 Å². The molecule has 1 N–H and O–H groups in total. The number of anilines is 2. The molecule has 0 saturated heterocycles. The van der Waals surface area contributed by atoms with Gasteiger partial charge in [-0.25, -0.2) is 0 Å². The molecule has 2 rings (SSSR count). The van der Waals surface area contributed by atoms with Crippen molar-refractivity contribution in [3.63, 3.8) is 0 Å². The Balaban J connectivity index is 2.46. The van der Waals surface area contributed by atoms with Crippen LogP contribution in [-0.2, 0) is 4.79 Å². The molecule has 0 aliphatic carbocycles. The number of amides is 1. The van der Waals surface area contributed by atoms with Crippen LogP contribution in [-0.4, -0.2) is 19.0 Å². The molecule has 5 heteroatoms. The molecule has 0 radical (unpaired) electrons. The maximum Gasteiger partial charge on any atom is 0.247 e. The number of rotatable bonds is 1. The van der Waals surface area contributed by atoms with Crippen molar-refractivity contribution in [1.82, 2.24) is 0 Å². The van der Waals surface area contributed by atoms with E-state index in [1.165, 1.54) is 4.90 Å². The number of carbonyl (C=O) groups is 1. The number of hydrogen-bond acceptors (Lipinski definition) is 4. The smallest absolute Gasteiger partial charge is 0.247 e. The van der Waals surface area contributed by atoms with Crippen LogP contribution in [0.1, 0.15) is 5.56 Å². The minimum absolute atomic E-state index is 0.0272. The Morgan fingerprint density at radius 2 is 2.25 bits per heavy atom. The minimum atomic E-state index is -0.140. The van der Waals surface area contributed by atoms with Crippen LogP contribution >= 0.6 is 0 Å². The summed E-state index contributed by atoms with van der Waals surface area (Å²) in [5, 5.41) is 20.3. The monoisotopic (exact) mass is 212 g/mol. The number of nitrogens with zero attached hydrogens (tertiary/aromatic N) is 3. The van der Waals surface area contributed by atoms with Gasteiger partial charge in [-0.1, -0.05) is 0 Å². The van der Waals surface area contributed by atoms with E-state index in [2.05, 4.69) is 5.32 Å². The Labute approximate surface area is 92.5 Å². The predicted molar refractivity (Wildman–Crippen MR) is 57.6 cm³/mol. The molecule has 1 amide bonds. The molecule has 1 aromatic carbocycles. The molecule has 16 heavy (non-hydrogen) atoms. The van der Waals surface area contributed by atoms with E-state index in [1.54, 1.807) is 18.2 Å². The van der Waals surface area contributed by atoms with E-state index in [9.17, 15) is 4.79 Å². The van der Waals surface area contributed by atoms with Crippen LogP contribution in [0.2, 0.25) is 0 Å². The van der Waals surface area contributed by atoms with E-state index in [4.69, 9.17) is 10.5 Å². The lowest BCUT2D eigenvalue weighted by Gasteiger charge is -2.28. The standard InChI is InChI=1S/C11H8N4O/c12-3-4-15-10-2-1-8(6-13)5-9(10)14-7-11(15)16/h1-2,5,14H,4,7H2. The van der Waals surface area contributed by atoms with Crippen molar-refractivity contribution in [1.29, 1.82) is 10.5 Å². The fraction of sp³-hybridized carbons (Fsp3) is 0.182. The van der Waals surface area contributed by atoms with Crippen molar-refractivity contribution in [2.75, 3.05) is 23.3 Å². The molecule has 0 aromatic heterocycles. The van der Waals surface area contributed by atoms with Gasteiger partial charge in [-0.3, -0.25) is 9.69 Å². The van der Waals surface area contributed by atoms with Gasteiger partial charge in [0.2, 0.25) is 5.91 Å². The summed E-state index contributed by atoms with van der Waals surface area (Å²) in [6, 6.07) is 8.95. The topological polar surface area (TPSA) is 79.9 Å². The maximum atomic E-state index is 11.5. The lowest BCUT2D eigenvalue weighted by Crippen LogP contribution is -2.40.